The second-order valence-corrected chi connectivity index (χ2v) is 7.44. The highest BCUT2D eigenvalue weighted by molar-refractivity contribution is 7.89. The van der Waals surface area contributed by atoms with Crippen molar-refractivity contribution in [3.63, 3.8) is 0 Å². The first-order chi connectivity index (χ1) is 11.5. The molecule has 1 aliphatic rings. The van der Waals surface area contributed by atoms with Gasteiger partial charge in [0.2, 0.25) is 10.0 Å². The number of rotatable bonds is 5. The summed E-state index contributed by atoms with van der Waals surface area (Å²) in [5.74, 6) is 0.743. The highest BCUT2D eigenvalue weighted by atomic mass is 32.2. The second kappa shape index (κ2) is 6.45. The largest absolute Gasteiger partial charge is 0.497 e. The number of hydrogen-bond donors (Lipinski definition) is 1. The van der Waals surface area contributed by atoms with Crippen LogP contribution in [0.4, 0.5) is 0 Å². The van der Waals surface area contributed by atoms with E-state index in [0.717, 1.165) is 30.5 Å². The molecule has 1 aromatic carbocycles. The molecule has 0 bridgehead atoms. The monoisotopic (exact) mass is 351 g/mol. The Morgan fingerprint density at radius 2 is 2.08 bits per heavy atom. The Balaban J connectivity index is 1.95. The van der Waals surface area contributed by atoms with Crippen LogP contribution in [0.1, 0.15) is 30.1 Å². The highest BCUT2D eigenvalue weighted by Crippen LogP contribution is 2.33. The highest BCUT2D eigenvalue weighted by Gasteiger charge is 2.29. The summed E-state index contributed by atoms with van der Waals surface area (Å²) < 4.78 is 40.7. The van der Waals surface area contributed by atoms with Gasteiger partial charge in [-0.05, 0) is 31.4 Å². The fourth-order valence-electron chi connectivity index (χ4n) is 3.07. The van der Waals surface area contributed by atoms with Gasteiger partial charge in [0.05, 0.1) is 26.5 Å². The standard InChI is InChI=1S/C16H21N3O4S/c1-19-14-6-4-5-13(12(14)10-17-19)18-24(20,21)16-9-11(22-2)7-8-15(16)23-3/h7-10,13,18H,4-6H2,1-3H3/t13-/m1/s1. The van der Waals surface area contributed by atoms with Crippen molar-refractivity contribution in [2.75, 3.05) is 14.2 Å². The van der Waals surface area contributed by atoms with Crippen LogP contribution in [0.5, 0.6) is 11.5 Å². The zero-order valence-electron chi connectivity index (χ0n) is 13.9. The molecule has 7 nitrogen and oxygen atoms in total. The number of sulfonamides is 1. The summed E-state index contributed by atoms with van der Waals surface area (Å²) in [5.41, 5.74) is 2.01. The van der Waals surface area contributed by atoms with Crippen LogP contribution in [-0.2, 0) is 23.5 Å². The van der Waals surface area contributed by atoms with Gasteiger partial charge in [0.15, 0.2) is 0 Å². The SMILES string of the molecule is COc1ccc(OC)c(S(=O)(=O)N[C@@H]2CCCc3c2cnn3C)c1. The van der Waals surface area contributed by atoms with E-state index in [9.17, 15) is 8.42 Å². The Bertz CT molecular complexity index is 845. The van der Waals surface area contributed by atoms with Gasteiger partial charge in [-0.3, -0.25) is 4.68 Å². The average Bonchev–Trinajstić information content (AvgIpc) is 2.96. The fraction of sp³-hybridized carbons (Fsp3) is 0.438. The molecule has 2 aromatic rings. The molecule has 0 saturated carbocycles. The van der Waals surface area contributed by atoms with Crippen molar-refractivity contribution in [1.29, 1.82) is 0 Å². The summed E-state index contributed by atoms with van der Waals surface area (Å²) in [6, 6.07) is 4.43. The second-order valence-electron chi connectivity index (χ2n) is 5.75. The Kier molecular flexibility index (Phi) is 4.51. The summed E-state index contributed by atoms with van der Waals surface area (Å²) in [6.07, 6.45) is 4.30. The van der Waals surface area contributed by atoms with Crippen molar-refractivity contribution in [3.8, 4) is 11.5 Å². The van der Waals surface area contributed by atoms with E-state index >= 15 is 0 Å². The molecular formula is C16H21N3O4S. The van der Waals surface area contributed by atoms with Crippen LogP contribution >= 0.6 is 0 Å². The zero-order chi connectivity index (χ0) is 17.3. The maximum absolute atomic E-state index is 12.9. The van der Waals surface area contributed by atoms with E-state index < -0.39 is 10.0 Å². The normalized spacial score (nSPS) is 17.4. The van der Waals surface area contributed by atoms with E-state index in [4.69, 9.17) is 9.47 Å². The van der Waals surface area contributed by atoms with Crippen LogP contribution in [0.15, 0.2) is 29.3 Å². The number of benzene rings is 1. The van der Waals surface area contributed by atoms with Crippen molar-refractivity contribution in [2.45, 2.75) is 30.2 Å². The first kappa shape index (κ1) is 16.8. The van der Waals surface area contributed by atoms with Gasteiger partial charge in [-0.2, -0.15) is 5.10 Å². The molecule has 3 rings (SSSR count). The summed E-state index contributed by atoms with van der Waals surface area (Å²) >= 11 is 0. The number of methoxy groups -OCH3 is 2. The maximum Gasteiger partial charge on any atom is 0.244 e. The Morgan fingerprint density at radius 1 is 1.29 bits per heavy atom. The maximum atomic E-state index is 12.9. The first-order valence-corrected chi connectivity index (χ1v) is 9.19. The molecule has 1 aromatic heterocycles. The molecule has 1 atom stereocenters. The predicted molar refractivity (Wildman–Crippen MR) is 88.8 cm³/mol. The Morgan fingerprint density at radius 3 is 2.79 bits per heavy atom. The van der Waals surface area contributed by atoms with Gasteiger partial charge in [0.25, 0.3) is 0 Å². The van der Waals surface area contributed by atoms with Crippen molar-refractivity contribution in [1.82, 2.24) is 14.5 Å². The lowest BCUT2D eigenvalue weighted by molar-refractivity contribution is 0.391. The summed E-state index contributed by atoms with van der Waals surface area (Å²) in [4.78, 5) is 0.0698. The molecule has 8 heteroatoms. The average molecular weight is 351 g/mol. The number of aromatic nitrogens is 2. The van der Waals surface area contributed by atoms with Crippen molar-refractivity contribution >= 4 is 10.0 Å². The fourth-order valence-corrected chi connectivity index (χ4v) is 4.51. The molecule has 130 valence electrons. The predicted octanol–water partition coefficient (Wildman–Crippen LogP) is 1.79. The van der Waals surface area contributed by atoms with E-state index in [-0.39, 0.29) is 16.7 Å². The topological polar surface area (TPSA) is 82.4 Å². The smallest absolute Gasteiger partial charge is 0.244 e. The van der Waals surface area contributed by atoms with Crippen LogP contribution in [0.25, 0.3) is 0 Å². The van der Waals surface area contributed by atoms with Crippen LogP contribution in [-0.4, -0.2) is 32.4 Å². The van der Waals surface area contributed by atoms with Crippen molar-refractivity contribution in [2.24, 2.45) is 7.05 Å². The van der Waals surface area contributed by atoms with E-state index in [0.29, 0.717) is 5.75 Å². The van der Waals surface area contributed by atoms with Gasteiger partial charge < -0.3 is 9.47 Å². The van der Waals surface area contributed by atoms with Gasteiger partial charge in [-0.1, -0.05) is 0 Å². The van der Waals surface area contributed by atoms with Crippen molar-refractivity contribution in [3.05, 3.63) is 35.7 Å². The van der Waals surface area contributed by atoms with E-state index in [2.05, 4.69) is 9.82 Å². The van der Waals surface area contributed by atoms with Gasteiger partial charge in [0, 0.05) is 24.4 Å². The van der Waals surface area contributed by atoms with Gasteiger partial charge in [-0.25, -0.2) is 13.1 Å². The zero-order valence-corrected chi connectivity index (χ0v) is 14.8. The minimum absolute atomic E-state index is 0.0698. The molecule has 1 aliphatic carbocycles. The lowest BCUT2D eigenvalue weighted by Crippen LogP contribution is -2.31. The Hall–Kier alpha value is -2.06. The molecule has 1 N–H and O–H groups in total. The minimum atomic E-state index is -3.76. The van der Waals surface area contributed by atoms with E-state index in [1.54, 1.807) is 18.3 Å². The van der Waals surface area contributed by atoms with Crippen LogP contribution in [0.3, 0.4) is 0 Å². The third-order valence-electron chi connectivity index (χ3n) is 4.33. The molecule has 24 heavy (non-hydrogen) atoms. The molecular weight excluding hydrogens is 330 g/mol. The van der Waals surface area contributed by atoms with E-state index in [1.807, 2.05) is 11.7 Å². The lowest BCUT2D eigenvalue weighted by atomic mass is 9.94. The molecule has 1 heterocycles. The van der Waals surface area contributed by atoms with Gasteiger partial charge >= 0.3 is 0 Å². The summed E-state index contributed by atoms with van der Waals surface area (Å²) in [6.45, 7) is 0. The van der Waals surface area contributed by atoms with Gasteiger partial charge in [-0.15, -0.1) is 0 Å². The number of hydrogen-bond acceptors (Lipinski definition) is 5. The van der Waals surface area contributed by atoms with Crippen LogP contribution < -0.4 is 14.2 Å². The third kappa shape index (κ3) is 2.99. The van der Waals surface area contributed by atoms with Crippen LogP contribution in [0, 0.1) is 0 Å². The molecule has 0 saturated heterocycles. The first-order valence-electron chi connectivity index (χ1n) is 7.71. The lowest BCUT2D eigenvalue weighted by Gasteiger charge is -2.24. The number of aryl methyl sites for hydroxylation is 1. The van der Waals surface area contributed by atoms with Crippen LogP contribution in [0.2, 0.25) is 0 Å². The molecule has 0 fully saturated rings. The quantitative estimate of drug-likeness (QED) is 0.888. The molecule has 0 amide bonds. The minimum Gasteiger partial charge on any atom is -0.497 e. The molecule has 0 radical (unpaired) electrons. The molecule has 0 unspecified atom stereocenters. The summed E-state index contributed by atoms with van der Waals surface area (Å²) in [7, 11) is 1.05. The Labute approximate surface area is 141 Å². The number of ether oxygens (including phenoxy) is 2. The molecule has 0 spiro atoms. The van der Waals surface area contributed by atoms with E-state index in [1.165, 1.54) is 20.3 Å². The number of fused-ring (bicyclic) bond motifs is 1. The molecule has 0 aliphatic heterocycles. The third-order valence-corrected chi connectivity index (χ3v) is 5.83. The number of nitrogens with zero attached hydrogens (tertiary/aromatic N) is 2. The summed E-state index contributed by atoms with van der Waals surface area (Å²) in [5, 5.41) is 4.25. The van der Waals surface area contributed by atoms with Gasteiger partial charge in [0.1, 0.15) is 16.4 Å². The number of nitrogens with one attached hydrogen (secondary N) is 1. The van der Waals surface area contributed by atoms with Crippen molar-refractivity contribution < 1.29 is 17.9 Å².